The molecule has 1 aromatic heterocycles. The Labute approximate surface area is 135 Å². The number of hydrogen-bond acceptors (Lipinski definition) is 5. The molecule has 4 nitrogen and oxygen atoms in total. The summed E-state index contributed by atoms with van der Waals surface area (Å²) in [5, 5.41) is 5.17. The Bertz CT molecular complexity index is 655. The first kappa shape index (κ1) is 16.0. The number of anilines is 1. The standard InChI is InChI=1S/C14H13ClN2O2S2/c1-8(18)12-7-20-14(16-12)17-13(19)9(2)21-11-5-3-10(15)4-6-11/h3-7,9H,1-2H3,(H,16,17,19). The van der Waals surface area contributed by atoms with E-state index in [0.717, 1.165) is 4.90 Å². The van der Waals surface area contributed by atoms with Crippen LogP contribution in [0.5, 0.6) is 0 Å². The lowest BCUT2D eigenvalue weighted by Gasteiger charge is -2.10. The Hall–Kier alpha value is -1.37. The maximum atomic E-state index is 12.1. The summed E-state index contributed by atoms with van der Waals surface area (Å²) in [6.07, 6.45) is 0. The number of rotatable bonds is 5. The molecule has 0 saturated carbocycles. The van der Waals surface area contributed by atoms with E-state index < -0.39 is 0 Å². The number of carbonyl (C=O) groups excluding carboxylic acids is 2. The fraction of sp³-hybridized carbons (Fsp3) is 0.214. The Morgan fingerprint density at radius 1 is 1.33 bits per heavy atom. The molecular weight excluding hydrogens is 328 g/mol. The summed E-state index contributed by atoms with van der Waals surface area (Å²) in [6.45, 7) is 3.26. The monoisotopic (exact) mass is 340 g/mol. The molecule has 0 aliphatic rings. The zero-order chi connectivity index (χ0) is 15.4. The van der Waals surface area contributed by atoms with Gasteiger partial charge in [0.25, 0.3) is 0 Å². The summed E-state index contributed by atoms with van der Waals surface area (Å²) in [5.74, 6) is -0.269. The number of benzene rings is 1. The van der Waals surface area contributed by atoms with Crippen LogP contribution in [0.2, 0.25) is 5.02 Å². The van der Waals surface area contributed by atoms with Gasteiger partial charge in [-0.05, 0) is 31.2 Å². The predicted molar refractivity (Wildman–Crippen MR) is 87.5 cm³/mol. The van der Waals surface area contributed by atoms with Gasteiger partial charge >= 0.3 is 0 Å². The number of ketones is 1. The average molecular weight is 341 g/mol. The van der Waals surface area contributed by atoms with Gasteiger partial charge in [-0.3, -0.25) is 9.59 Å². The molecule has 1 atom stereocenters. The van der Waals surface area contributed by atoms with Crippen LogP contribution in [0.15, 0.2) is 34.5 Å². The number of carbonyl (C=O) groups is 2. The molecule has 0 fully saturated rings. The van der Waals surface area contributed by atoms with E-state index >= 15 is 0 Å². The van der Waals surface area contributed by atoms with Crippen molar-refractivity contribution in [2.45, 2.75) is 24.0 Å². The van der Waals surface area contributed by atoms with Crippen molar-refractivity contribution in [1.29, 1.82) is 0 Å². The van der Waals surface area contributed by atoms with Gasteiger partial charge in [0.2, 0.25) is 5.91 Å². The van der Waals surface area contributed by atoms with E-state index in [1.165, 1.54) is 30.0 Å². The molecule has 0 saturated heterocycles. The Morgan fingerprint density at radius 3 is 2.57 bits per heavy atom. The van der Waals surface area contributed by atoms with Gasteiger partial charge in [0.05, 0.1) is 5.25 Å². The largest absolute Gasteiger partial charge is 0.301 e. The molecule has 0 spiro atoms. The Kier molecular flexibility index (Phi) is 5.39. The van der Waals surface area contributed by atoms with Crippen molar-refractivity contribution in [1.82, 2.24) is 4.98 Å². The van der Waals surface area contributed by atoms with Gasteiger partial charge in [-0.15, -0.1) is 23.1 Å². The van der Waals surface area contributed by atoms with Gasteiger partial charge in [0.15, 0.2) is 10.9 Å². The molecule has 2 aromatic rings. The molecule has 1 N–H and O–H groups in total. The summed E-state index contributed by atoms with van der Waals surface area (Å²) < 4.78 is 0. The van der Waals surface area contributed by atoms with Crippen LogP contribution in [0.25, 0.3) is 0 Å². The van der Waals surface area contributed by atoms with Crippen LogP contribution in [-0.2, 0) is 4.79 Å². The summed E-state index contributed by atoms with van der Waals surface area (Å²) in [6, 6.07) is 7.31. The van der Waals surface area contributed by atoms with Crippen molar-refractivity contribution in [2.75, 3.05) is 5.32 Å². The smallest absolute Gasteiger partial charge is 0.239 e. The van der Waals surface area contributed by atoms with Crippen molar-refractivity contribution in [3.8, 4) is 0 Å². The molecule has 0 bridgehead atoms. The highest BCUT2D eigenvalue weighted by molar-refractivity contribution is 8.00. The van der Waals surface area contributed by atoms with Crippen LogP contribution < -0.4 is 5.32 Å². The molecule has 110 valence electrons. The van der Waals surface area contributed by atoms with Crippen LogP contribution in [0, 0.1) is 0 Å². The molecule has 1 unspecified atom stereocenters. The van der Waals surface area contributed by atoms with Gasteiger partial charge in [0.1, 0.15) is 5.69 Å². The molecule has 2 rings (SSSR count). The highest BCUT2D eigenvalue weighted by Crippen LogP contribution is 2.26. The normalized spacial score (nSPS) is 12.0. The molecule has 0 aliphatic carbocycles. The lowest BCUT2D eigenvalue weighted by Crippen LogP contribution is -2.22. The quantitative estimate of drug-likeness (QED) is 0.657. The number of aromatic nitrogens is 1. The van der Waals surface area contributed by atoms with Crippen molar-refractivity contribution in [3.63, 3.8) is 0 Å². The average Bonchev–Trinajstić information content (AvgIpc) is 2.90. The van der Waals surface area contributed by atoms with E-state index in [1.54, 1.807) is 17.5 Å². The number of thioether (sulfide) groups is 1. The van der Waals surface area contributed by atoms with Gasteiger partial charge in [-0.25, -0.2) is 4.98 Å². The fourth-order valence-corrected chi connectivity index (χ4v) is 3.22. The van der Waals surface area contributed by atoms with Crippen molar-refractivity contribution in [3.05, 3.63) is 40.4 Å². The third-order valence-electron chi connectivity index (χ3n) is 2.59. The second-order valence-corrected chi connectivity index (χ2v) is 7.01. The molecule has 21 heavy (non-hydrogen) atoms. The van der Waals surface area contributed by atoms with Crippen molar-refractivity contribution < 1.29 is 9.59 Å². The van der Waals surface area contributed by atoms with Gasteiger partial charge in [0, 0.05) is 22.2 Å². The highest BCUT2D eigenvalue weighted by Gasteiger charge is 2.16. The minimum absolute atomic E-state index is 0.115. The zero-order valence-corrected chi connectivity index (χ0v) is 13.8. The number of hydrogen-bond donors (Lipinski definition) is 1. The summed E-state index contributed by atoms with van der Waals surface area (Å²) >= 11 is 8.50. The van der Waals surface area contributed by atoms with Gasteiger partial charge in [-0.1, -0.05) is 11.6 Å². The van der Waals surface area contributed by atoms with Crippen LogP contribution in [0.4, 0.5) is 5.13 Å². The number of thiazole rings is 1. The van der Waals surface area contributed by atoms with E-state index in [2.05, 4.69) is 10.3 Å². The maximum Gasteiger partial charge on any atom is 0.239 e. The number of halogens is 1. The number of amides is 1. The second-order valence-electron chi connectivity index (χ2n) is 4.30. The van der Waals surface area contributed by atoms with Crippen LogP contribution in [-0.4, -0.2) is 21.9 Å². The highest BCUT2D eigenvalue weighted by atomic mass is 35.5. The predicted octanol–water partition coefficient (Wildman–Crippen LogP) is 4.12. The fourth-order valence-electron chi connectivity index (χ4n) is 1.47. The first-order valence-corrected chi connectivity index (χ1v) is 8.29. The van der Waals surface area contributed by atoms with Crippen molar-refractivity contribution in [2.24, 2.45) is 0 Å². The Morgan fingerprint density at radius 2 is 2.00 bits per heavy atom. The van der Waals surface area contributed by atoms with E-state index in [9.17, 15) is 9.59 Å². The maximum absolute atomic E-state index is 12.1. The minimum Gasteiger partial charge on any atom is -0.301 e. The van der Waals surface area contributed by atoms with Crippen molar-refractivity contribution >= 4 is 51.5 Å². The third-order valence-corrected chi connectivity index (χ3v) is 4.71. The van der Waals surface area contributed by atoms with Crippen LogP contribution >= 0.6 is 34.7 Å². The van der Waals surface area contributed by atoms with E-state index in [-0.39, 0.29) is 16.9 Å². The Balaban J connectivity index is 1.95. The molecule has 0 radical (unpaired) electrons. The van der Waals surface area contributed by atoms with Crippen LogP contribution in [0.3, 0.4) is 0 Å². The summed E-state index contributed by atoms with van der Waals surface area (Å²) in [4.78, 5) is 28.3. The zero-order valence-electron chi connectivity index (χ0n) is 11.4. The first-order chi connectivity index (χ1) is 9.95. The summed E-state index contributed by atoms with van der Waals surface area (Å²) in [5.41, 5.74) is 0.369. The molecular formula is C14H13ClN2O2S2. The lowest BCUT2D eigenvalue weighted by atomic mass is 10.4. The van der Waals surface area contributed by atoms with E-state index in [0.29, 0.717) is 15.8 Å². The lowest BCUT2D eigenvalue weighted by molar-refractivity contribution is -0.115. The SMILES string of the molecule is CC(=O)c1csc(NC(=O)C(C)Sc2ccc(Cl)cc2)n1. The van der Waals surface area contributed by atoms with Gasteiger partial charge < -0.3 is 5.32 Å². The number of Topliss-reactive ketones (excluding diaryl/α,β-unsaturated/α-hetero) is 1. The van der Waals surface area contributed by atoms with E-state index in [1.807, 2.05) is 19.1 Å². The van der Waals surface area contributed by atoms with Gasteiger partial charge in [-0.2, -0.15) is 0 Å². The topological polar surface area (TPSA) is 59.1 Å². The number of nitrogens with zero attached hydrogens (tertiary/aromatic N) is 1. The third kappa shape index (κ3) is 4.56. The molecule has 1 aromatic carbocycles. The minimum atomic E-state index is -0.282. The first-order valence-electron chi connectivity index (χ1n) is 6.15. The molecule has 0 aliphatic heterocycles. The molecule has 1 amide bonds. The summed E-state index contributed by atoms with van der Waals surface area (Å²) in [7, 11) is 0. The number of nitrogens with one attached hydrogen (secondary N) is 1. The van der Waals surface area contributed by atoms with E-state index in [4.69, 9.17) is 11.6 Å². The van der Waals surface area contributed by atoms with Crippen LogP contribution in [0.1, 0.15) is 24.3 Å². The second kappa shape index (κ2) is 7.06. The molecule has 7 heteroatoms. The molecule has 1 heterocycles.